The Kier molecular flexibility index (Phi) is 7.82. The quantitative estimate of drug-likeness (QED) is 0.548. The molecule has 0 saturated carbocycles. The summed E-state index contributed by atoms with van der Waals surface area (Å²) in [5, 5.41) is 2.45. The number of hydrogen-bond donors (Lipinski definition) is 1. The summed E-state index contributed by atoms with van der Waals surface area (Å²) in [4.78, 5) is 23.2. The molecule has 22 heavy (non-hydrogen) atoms. The van der Waals surface area contributed by atoms with Crippen molar-refractivity contribution in [2.24, 2.45) is 0 Å². The predicted octanol–water partition coefficient (Wildman–Crippen LogP) is 1.20. The zero-order chi connectivity index (χ0) is 17.6. The van der Waals surface area contributed by atoms with Crippen molar-refractivity contribution in [1.29, 1.82) is 0 Å². The van der Waals surface area contributed by atoms with Crippen LogP contribution in [0.4, 0.5) is 4.79 Å². The lowest BCUT2D eigenvalue weighted by molar-refractivity contribution is -0.145. The fourth-order valence-electron chi connectivity index (χ4n) is 1.49. The lowest BCUT2D eigenvalue weighted by Gasteiger charge is -2.25. The van der Waals surface area contributed by atoms with Gasteiger partial charge in [-0.05, 0) is 34.6 Å². The van der Waals surface area contributed by atoms with Gasteiger partial charge >= 0.3 is 12.1 Å². The molecule has 0 fully saturated rings. The fraction of sp³-hybridized carbons (Fsp3) is 0.846. The third kappa shape index (κ3) is 10.4. The van der Waals surface area contributed by atoms with E-state index in [1.807, 2.05) is 0 Å². The maximum absolute atomic E-state index is 11.7. The topological polar surface area (TPSA) is 108 Å². The number of carbonyl (C=O) groups excluding carboxylic acids is 2. The van der Waals surface area contributed by atoms with Crippen LogP contribution < -0.4 is 5.32 Å². The molecule has 1 amide bonds. The smallest absolute Gasteiger partial charge is 0.407 e. The SMILES string of the molecule is CCOC(=O)CC(OS(C)(=O)=O)[C@H](C)NC(=O)OC(C)(C)C. The van der Waals surface area contributed by atoms with Gasteiger partial charge in [-0.15, -0.1) is 0 Å². The standard InChI is InChI=1S/C13H25NO7S/c1-7-19-11(15)8-10(21-22(6,17)18)9(2)14-12(16)20-13(3,4)5/h9-10H,7-8H2,1-6H3,(H,14,16)/t9-,10?/m0/s1. The average molecular weight is 339 g/mol. The predicted molar refractivity (Wildman–Crippen MR) is 79.8 cm³/mol. The fourth-order valence-corrected chi connectivity index (χ4v) is 2.17. The van der Waals surface area contributed by atoms with Crippen LogP contribution in [0, 0.1) is 0 Å². The van der Waals surface area contributed by atoms with Gasteiger partial charge in [0, 0.05) is 0 Å². The van der Waals surface area contributed by atoms with E-state index in [-0.39, 0.29) is 13.0 Å². The molecule has 8 nitrogen and oxygen atoms in total. The molecular weight excluding hydrogens is 314 g/mol. The normalized spacial score (nSPS) is 14.8. The van der Waals surface area contributed by atoms with Gasteiger partial charge in [0.2, 0.25) is 0 Å². The van der Waals surface area contributed by atoms with Gasteiger partial charge in [0.05, 0.1) is 25.3 Å². The van der Waals surface area contributed by atoms with Crippen molar-refractivity contribution in [2.75, 3.05) is 12.9 Å². The van der Waals surface area contributed by atoms with Gasteiger partial charge in [-0.3, -0.25) is 8.98 Å². The third-order valence-electron chi connectivity index (χ3n) is 2.27. The van der Waals surface area contributed by atoms with E-state index in [1.165, 1.54) is 6.92 Å². The molecule has 0 aliphatic heterocycles. The van der Waals surface area contributed by atoms with E-state index >= 15 is 0 Å². The zero-order valence-electron chi connectivity index (χ0n) is 13.8. The Labute approximate surface area is 131 Å². The van der Waals surface area contributed by atoms with Crippen LogP contribution in [0.25, 0.3) is 0 Å². The van der Waals surface area contributed by atoms with E-state index in [4.69, 9.17) is 13.7 Å². The molecule has 0 heterocycles. The van der Waals surface area contributed by atoms with Gasteiger partial charge < -0.3 is 14.8 Å². The number of ether oxygens (including phenoxy) is 2. The van der Waals surface area contributed by atoms with E-state index in [2.05, 4.69) is 5.32 Å². The number of hydrogen-bond acceptors (Lipinski definition) is 7. The van der Waals surface area contributed by atoms with Crippen molar-refractivity contribution in [2.45, 2.75) is 58.8 Å². The summed E-state index contributed by atoms with van der Waals surface area (Å²) in [7, 11) is -3.80. The van der Waals surface area contributed by atoms with Crippen LogP contribution in [0.2, 0.25) is 0 Å². The van der Waals surface area contributed by atoms with E-state index in [0.717, 1.165) is 6.26 Å². The Balaban J connectivity index is 4.85. The highest BCUT2D eigenvalue weighted by molar-refractivity contribution is 7.86. The Morgan fingerprint density at radius 2 is 1.77 bits per heavy atom. The molecule has 0 spiro atoms. The van der Waals surface area contributed by atoms with E-state index in [0.29, 0.717) is 0 Å². The van der Waals surface area contributed by atoms with Crippen molar-refractivity contribution in [3.63, 3.8) is 0 Å². The first-order valence-corrected chi connectivity index (χ1v) is 8.69. The summed E-state index contributed by atoms with van der Waals surface area (Å²) >= 11 is 0. The second-order valence-electron chi connectivity index (χ2n) is 5.78. The first kappa shape index (κ1) is 20.6. The Hall–Kier alpha value is -1.35. The van der Waals surface area contributed by atoms with E-state index < -0.39 is 39.9 Å². The molecule has 130 valence electrons. The van der Waals surface area contributed by atoms with Crippen LogP contribution in [0.3, 0.4) is 0 Å². The Bertz CT molecular complexity index is 481. The molecule has 0 aliphatic rings. The number of amides is 1. The summed E-state index contributed by atoms with van der Waals surface area (Å²) < 4.78 is 37.2. The van der Waals surface area contributed by atoms with Crippen LogP contribution in [0.1, 0.15) is 41.0 Å². The van der Waals surface area contributed by atoms with Crippen molar-refractivity contribution in [3.05, 3.63) is 0 Å². The van der Waals surface area contributed by atoms with Crippen molar-refractivity contribution < 1.29 is 31.7 Å². The Morgan fingerprint density at radius 1 is 1.23 bits per heavy atom. The van der Waals surface area contributed by atoms with Crippen LogP contribution in [0.5, 0.6) is 0 Å². The van der Waals surface area contributed by atoms with Gasteiger partial charge in [-0.25, -0.2) is 4.79 Å². The van der Waals surface area contributed by atoms with Gasteiger partial charge in [-0.1, -0.05) is 0 Å². The summed E-state index contributed by atoms with van der Waals surface area (Å²) in [6.07, 6.45) is -1.25. The van der Waals surface area contributed by atoms with Gasteiger partial charge in [-0.2, -0.15) is 8.42 Å². The molecule has 9 heteroatoms. The van der Waals surface area contributed by atoms with E-state index in [1.54, 1.807) is 27.7 Å². The summed E-state index contributed by atoms with van der Waals surface area (Å²) in [5.41, 5.74) is -0.696. The highest BCUT2D eigenvalue weighted by Gasteiger charge is 2.28. The molecule has 2 atom stereocenters. The van der Waals surface area contributed by atoms with Gasteiger partial charge in [0.15, 0.2) is 0 Å². The maximum Gasteiger partial charge on any atom is 0.407 e. The van der Waals surface area contributed by atoms with Gasteiger partial charge in [0.25, 0.3) is 10.1 Å². The third-order valence-corrected chi connectivity index (χ3v) is 2.87. The molecule has 0 saturated heterocycles. The minimum absolute atomic E-state index is 0.165. The Morgan fingerprint density at radius 3 is 2.18 bits per heavy atom. The summed E-state index contributed by atoms with van der Waals surface area (Å²) in [6, 6.07) is -0.769. The van der Waals surface area contributed by atoms with Crippen molar-refractivity contribution >= 4 is 22.2 Å². The molecular formula is C13H25NO7S. The summed E-state index contributed by atoms with van der Waals surface area (Å²) in [6.45, 7) is 8.39. The largest absolute Gasteiger partial charge is 0.466 e. The van der Waals surface area contributed by atoms with Crippen LogP contribution >= 0.6 is 0 Å². The van der Waals surface area contributed by atoms with E-state index in [9.17, 15) is 18.0 Å². The van der Waals surface area contributed by atoms with Crippen molar-refractivity contribution in [1.82, 2.24) is 5.32 Å². The lowest BCUT2D eigenvalue weighted by Crippen LogP contribution is -2.46. The molecule has 0 aromatic heterocycles. The monoisotopic (exact) mass is 339 g/mol. The molecule has 0 aliphatic carbocycles. The first-order valence-electron chi connectivity index (χ1n) is 6.87. The lowest BCUT2D eigenvalue weighted by atomic mass is 10.1. The highest BCUT2D eigenvalue weighted by Crippen LogP contribution is 2.12. The highest BCUT2D eigenvalue weighted by atomic mass is 32.2. The maximum atomic E-state index is 11.7. The minimum Gasteiger partial charge on any atom is -0.466 e. The molecule has 0 bridgehead atoms. The number of nitrogens with one attached hydrogen (secondary N) is 1. The number of carbonyl (C=O) groups is 2. The van der Waals surface area contributed by atoms with Gasteiger partial charge in [0.1, 0.15) is 11.7 Å². The van der Waals surface area contributed by atoms with Crippen LogP contribution in [0.15, 0.2) is 0 Å². The second-order valence-corrected chi connectivity index (χ2v) is 7.38. The molecule has 0 aromatic rings. The van der Waals surface area contributed by atoms with Crippen molar-refractivity contribution in [3.8, 4) is 0 Å². The molecule has 0 aromatic carbocycles. The van der Waals surface area contributed by atoms with Crippen LogP contribution in [-0.2, 0) is 28.6 Å². The molecule has 1 unspecified atom stereocenters. The number of rotatable bonds is 7. The molecule has 1 N–H and O–H groups in total. The second kappa shape index (κ2) is 8.33. The number of esters is 1. The zero-order valence-corrected chi connectivity index (χ0v) is 14.7. The molecule has 0 radical (unpaired) electrons. The molecule has 0 rings (SSSR count). The average Bonchev–Trinajstić information content (AvgIpc) is 2.23. The van der Waals surface area contributed by atoms with Crippen LogP contribution in [-0.4, -0.2) is 51.1 Å². The number of alkyl carbamates (subject to hydrolysis) is 1. The summed E-state index contributed by atoms with van der Waals surface area (Å²) in [5.74, 6) is -0.617. The minimum atomic E-state index is -3.80. The first-order chi connectivity index (χ1) is 9.84.